The maximum atomic E-state index is 12.3. The van der Waals surface area contributed by atoms with Gasteiger partial charge in [0.1, 0.15) is 11.6 Å². The van der Waals surface area contributed by atoms with Gasteiger partial charge in [0.15, 0.2) is 12.6 Å². The molecule has 8 nitrogen and oxygen atoms in total. The first-order valence-corrected chi connectivity index (χ1v) is 11.3. The molecule has 0 unspecified atom stereocenters. The Hall–Kier alpha value is -3.08. The molecular weight excluding hydrogens is 543 g/mol. The van der Waals surface area contributed by atoms with Crippen LogP contribution in [0.2, 0.25) is 0 Å². The molecule has 1 aliphatic rings. The highest BCUT2D eigenvalue weighted by Crippen LogP contribution is 2.31. The van der Waals surface area contributed by atoms with Crippen LogP contribution < -0.4 is 15.0 Å². The van der Waals surface area contributed by atoms with E-state index in [-0.39, 0.29) is 36.5 Å². The number of H-pyrrole nitrogens is 1. The first-order chi connectivity index (χ1) is 16.2. The number of nitrogens with one attached hydrogen (secondary N) is 2. The van der Waals surface area contributed by atoms with Crippen molar-refractivity contribution in [1.29, 1.82) is 0 Å². The van der Waals surface area contributed by atoms with Crippen molar-refractivity contribution in [3.63, 3.8) is 0 Å². The Morgan fingerprint density at radius 1 is 1.21 bits per heavy atom. The Bertz CT molecular complexity index is 1100. The summed E-state index contributed by atoms with van der Waals surface area (Å²) in [5, 5.41) is 3.34. The molecule has 2 heterocycles. The summed E-state index contributed by atoms with van der Waals surface area (Å²) in [6.07, 6.45) is 2.61. The third kappa shape index (κ3) is 6.28. The number of fused-ring (bicyclic) bond motifs is 1. The normalized spacial score (nSPS) is 13.1. The zero-order valence-electron chi connectivity index (χ0n) is 19.5. The molecule has 34 heavy (non-hydrogen) atoms. The van der Waals surface area contributed by atoms with Crippen LogP contribution in [0.1, 0.15) is 19.2 Å². The predicted molar refractivity (Wildman–Crippen MR) is 146 cm³/mol. The standard InChI is InChI=1S/C25H30N6O2.HI/c1-3-26-25(30(2)17-23-28-16-20(29-23)19-10-5-4-6-11-19)27-14-9-15-31-21-12-7-8-13-22(21)33-18-24(31)32;/h4-8,10-13,16H,3,9,14-15,17-18H2,1-2H3,(H,26,27)(H,28,29);1H. The van der Waals surface area contributed by atoms with E-state index in [4.69, 9.17) is 9.73 Å². The summed E-state index contributed by atoms with van der Waals surface area (Å²) in [6, 6.07) is 17.8. The fourth-order valence-electron chi connectivity index (χ4n) is 3.79. The molecule has 0 saturated carbocycles. The van der Waals surface area contributed by atoms with Crippen LogP contribution in [0.4, 0.5) is 5.69 Å². The van der Waals surface area contributed by atoms with Crippen molar-refractivity contribution in [1.82, 2.24) is 20.2 Å². The smallest absolute Gasteiger partial charge is 0.265 e. The van der Waals surface area contributed by atoms with E-state index in [1.165, 1.54) is 0 Å². The number of anilines is 1. The lowest BCUT2D eigenvalue weighted by Gasteiger charge is -2.29. The van der Waals surface area contributed by atoms with Gasteiger partial charge in [-0.2, -0.15) is 0 Å². The summed E-state index contributed by atoms with van der Waals surface area (Å²) >= 11 is 0. The molecule has 0 fully saturated rings. The molecule has 3 aromatic rings. The minimum absolute atomic E-state index is 0. The number of hydrogen-bond acceptors (Lipinski definition) is 4. The Kier molecular flexibility index (Phi) is 9.32. The van der Waals surface area contributed by atoms with Gasteiger partial charge in [0.2, 0.25) is 0 Å². The number of aromatic nitrogens is 2. The van der Waals surface area contributed by atoms with Crippen molar-refractivity contribution < 1.29 is 9.53 Å². The number of amides is 1. The third-order valence-electron chi connectivity index (χ3n) is 5.41. The molecule has 0 saturated heterocycles. The number of guanidine groups is 1. The number of imidazole rings is 1. The minimum Gasteiger partial charge on any atom is -0.482 e. The average molecular weight is 574 g/mol. The molecule has 9 heteroatoms. The van der Waals surface area contributed by atoms with Crippen molar-refractivity contribution in [2.24, 2.45) is 4.99 Å². The second-order valence-electron chi connectivity index (χ2n) is 7.86. The lowest BCUT2D eigenvalue weighted by Crippen LogP contribution is -2.40. The van der Waals surface area contributed by atoms with E-state index in [1.54, 1.807) is 4.90 Å². The van der Waals surface area contributed by atoms with Crippen LogP contribution in [0.15, 0.2) is 65.8 Å². The zero-order valence-corrected chi connectivity index (χ0v) is 21.9. The third-order valence-corrected chi connectivity index (χ3v) is 5.41. The second kappa shape index (κ2) is 12.4. The van der Waals surface area contributed by atoms with Gasteiger partial charge in [-0.05, 0) is 31.0 Å². The van der Waals surface area contributed by atoms with Crippen molar-refractivity contribution in [3.8, 4) is 17.0 Å². The summed E-state index contributed by atoms with van der Waals surface area (Å²) in [6.45, 7) is 4.71. The first-order valence-electron chi connectivity index (χ1n) is 11.3. The Labute approximate surface area is 217 Å². The number of rotatable bonds is 8. The molecule has 0 bridgehead atoms. The van der Waals surface area contributed by atoms with Gasteiger partial charge in [-0.15, -0.1) is 24.0 Å². The Morgan fingerprint density at radius 2 is 1.97 bits per heavy atom. The van der Waals surface area contributed by atoms with E-state index in [2.05, 4.69) is 27.4 Å². The van der Waals surface area contributed by atoms with Crippen LogP contribution in [0, 0.1) is 0 Å². The molecule has 0 spiro atoms. The molecule has 1 aromatic heterocycles. The number of ether oxygens (including phenoxy) is 1. The first kappa shape index (κ1) is 25.5. The molecule has 0 atom stereocenters. The van der Waals surface area contributed by atoms with Gasteiger partial charge < -0.3 is 24.8 Å². The maximum absolute atomic E-state index is 12.3. The lowest BCUT2D eigenvalue weighted by atomic mass is 10.2. The van der Waals surface area contributed by atoms with Crippen LogP contribution in [0.3, 0.4) is 0 Å². The highest BCUT2D eigenvalue weighted by molar-refractivity contribution is 14.0. The van der Waals surface area contributed by atoms with E-state index in [1.807, 2.05) is 67.5 Å². The summed E-state index contributed by atoms with van der Waals surface area (Å²) in [5.41, 5.74) is 2.93. The van der Waals surface area contributed by atoms with E-state index in [9.17, 15) is 4.79 Å². The van der Waals surface area contributed by atoms with Crippen molar-refractivity contribution in [2.45, 2.75) is 19.9 Å². The number of hydrogen-bond donors (Lipinski definition) is 2. The molecule has 0 aliphatic carbocycles. The van der Waals surface area contributed by atoms with E-state index < -0.39 is 0 Å². The fraction of sp³-hybridized carbons (Fsp3) is 0.320. The SMILES string of the molecule is CCNC(=NCCCN1C(=O)COc2ccccc21)N(C)Cc1ncc(-c2ccccc2)[nH]1.I. The van der Waals surface area contributed by atoms with Gasteiger partial charge in [-0.3, -0.25) is 9.79 Å². The van der Waals surface area contributed by atoms with Crippen molar-refractivity contribution in [2.75, 3.05) is 38.2 Å². The predicted octanol–water partition coefficient (Wildman–Crippen LogP) is 3.91. The van der Waals surface area contributed by atoms with Gasteiger partial charge in [-0.1, -0.05) is 42.5 Å². The zero-order chi connectivity index (χ0) is 23.0. The second-order valence-corrected chi connectivity index (χ2v) is 7.86. The number of aromatic amines is 1. The van der Waals surface area contributed by atoms with E-state index in [0.717, 1.165) is 47.4 Å². The number of nitrogens with zero attached hydrogens (tertiary/aromatic N) is 4. The van der Waals surface area contributed by atoms with Gasteiger partial charge in [0, 0.05) is 26.7 Å². The van der Waals surface area contributed by atoms with Crippen LogP contribution in [-0.4, -0.2) is 60.0 Å². The van der Waals surface area contributed by atoms with Crippen LogP contribution in [-0.2, 0) is 11.3 Å². The molecule has 2 N–H and O–H groups in total. The van der Waals surface area contributed by atoms with Gasteiger partial charge in [0.25, 0.3) is 5.91 Å². The topological polar surface area (TPSA) is 85.8 Å². The minimum atomic E-state index is -0.0197. The number of halogens is 1. The molecule has 4 rings (SSSR count). The van der Waals surface area contributed by atoms with Gasteiger partial charge >= 0.3 is 0 Å². The summed E-state index contributed by atoms with van der Waals surface area (Å²) < 4.78 is 5.52. The highest BCUT2D eigenvalue weighted by Gasteiger charge is 2.24. The Morgan fingerprint density at radius 3 is 2.76 bits per heavy atom. The number of carbonyl (C=O) groups is 1. The number of para-hydroxylation sites is 2. The van der Waals surface area contributed by atoms with Crippen LogP contribution >= 0.6 is 24.0 Å². The molecule has 1 amide bonds. The number of benzene rings is 2. The fourth-order valence-corrected chi connectivity index (χ4v) is 3.79. The van der Waals surface area contributed by atoms with E-state index in [0.29, 0.717) is 19.6 Å². The highest BCUT2D eigenvalue weighted by atomic mass is 127. The number of aliphatic imine (C=N–C) groups is 1. The maximum Gasteiger partial charge on any atom is 0.265 e. The lowest BCUT2D eigenvalue weighted by molar-refractivity contribution is -0.121. The average Bonchev–Trinajstić information content (AvgIpc) is 3.31. The van der Waals surface area contributed by atoms with Crippen molar-refractivity contribution >= 4 is 41.5 Å². The van der Waals surface area contributed by atoms with Crippen LogP contribution in [0.25, 0.3) is 11.3 Å². The molecule has 2 aromatic carbocycles. The Balaban J connectivity index is 0.00000324. The van der Waals surface area contributed by atoms with Gasteiger partial charge in [-0.25, -0.2) is 4.98 Å². The van der Waals surface area contributed by atoms with Crippen molar-refractivity contribution in [3.05, 3.63) is 66.6 Å². The molecule has 180 valence electrons. The quantitative estimate of drug-likeness (QED) is 0.185. The summed E-state index contributed by atoms with van der Waals surface area (Å²) in [4.78, 5) is 28.9. The summed E-state index contributed by atoms with van der Waals surface area (Å²) in [5.74, 6) is 2.41. The molecule has 0 radical (unpaired) electrons. The van der Waals surface area contributed by atoms with Crippen LogP contribution in [0.5, 0.6) is 5.75 Å². The molecular formula is C25H31IN6O2. The molecule has 1 aliphatic heterocycles. The summed E-state index contributed by atoms with van der Waals surface area (Å²) in [7, 11) is 1.99. The largest absolute Gasteiger partial charge is 0.482 e. The van der Waals surface area contributed by atoms with Gasteiger partial charge in [0.05, 0.1) is 24.1 Å². The van der Waals surface area contributed by atoms with E-state index >= 15 is 0 Å². The number of carbonyl (C=O) groups excluding carboxylic acids is 1. The monoisotopic (exact) mass is 574 g/mol.